The molecule has 0 bridgehead atoms. The van der Waals surface area contributed by atoms with E-state index >= 15 is 0 Å². The maximum absolute atomic E-state index is 12.1. The molecule has 1 saturated heterocycles. The maximum Gasteiger partial charge on any atom is 0.225 e. The molecule has 1 aliphatic carbocycles. The molecule has 1 aliphatic heterocycles. The lowest BCUT2D eigenvalue weighted by atomic mass is 9.84. The molecule has 0 radical (unpaired) electrons. The van der Waals surface area contributed by atoms with Crippen LogP contribution in [0.4, 0.5) is 0 Å². The van der Waals surface area contributed by atoms with Gasteiger partial charge in [0.05, 0.1) is 5.75 Å². The molecule has 0 unspecified atom stereocenters. The lowest BCUT2D eigenvalue weighted by Gasteiger charge is -2.36. The summed E-state index contributed by atoms with van der Waals surface area (Å²) >= 11 is 0. The summed E-state index contributed by atoms with van der Waals surface area (Å²) in [6, 6.07) is 0.00184. The molecule has 2 rings (SSSR count). The van der Waals surface area contributed by atoms with Crippen LogP contribution in [0, 0.1) is 5.92 Å². The summed E-state index contributed by atoms with van der Waals surface area (Å²) in [5.41, 5.74) is 0. The Morgan fingerprint density at radius 3 is 2.32 bits per heavy atom. The monoisotopic (exact) mass is 288 g/mol. The summed E-state index contributed by atoms with van der Waals surface area (Å²) in [4.78, 5) is 14.0. The average Bonchev–Trinajstić information content (AvgIpc) is 2.26. The lowest BCUT2D eigenvalue weighted by Crippen LogP contribution is -2.49. The second-order valence-electron chi connectivity index (χ2n) is 5.66. The van der Waals surface area contributed by atoms with Gasteiger partial charge < -0.3 is 4.90 Å². The van der Waals surface area contributed by atoms with Gasteiger partial charge in [0.15, 0.2) is 0 Å². The van der Waals surface area contributed by atoms with Gasteiger partial charge in [0.25, 0.3) is 0 Å². The Morgan fingerprint density at radius 1 is 1.21 bits per heavy atom. The highest BCUT2D eigenvalue weighted by Gasteiger charge is 2.32. The van der Waals surface area contributed by atoms with E-state index in [0.29, 0.717) is 19.5 Å². The minimum atomic E-state index is -3.13. The Hall–Kier alpha value is -0.620. The molecule has 0 spiro atoms. The van der Waals surface area contributed by atoms with E-state index in [4.69, 9.17) is 0 Å². The molecule has 110 valence electrons. The van der Waals surface area contributed by atoms with Crippen molar-refractivity contribution in [3.05, 3.63) is 0 Å². The number of amides is 1. The fraction of sp³-hybridized carbons (Fsp3) is 0.923. The van der Waals surface area contributed by atoms with E-state index in [1.165, 1.54) is 6.42 Å². The first kappa shape index (κ1) is 14.8. The molecular formula is C13H24N2O3S. The van der Waals surface area contributed by atoms with Crippen molar-refractivity contribution < 1.29 is 13.2 Å². The van der Waals surface area contributed by atoms with Crippen molar-refractivity contribution in [2.75, 3.05) is 18.8 Å². The molecule has 5 nitrogen and oxygen atoms in total. The molecule has 19 heavy (non-hydrogen) atoms. The number of piperidine rings is 1. The molecule has 0 atom stereocenters. The molecule has 1 saturated carbocycles. The number of carbonyl (C=O) groups is 1. The second kappa shape index (κ2) is 6.22. The van der Waals surface area contributed by atoms with Crippen molar-refractivity contribution in [3.63, 3.8) is 0 Å². The molecule has 0 aromatic rings. The quantitative estimate of drug-likeness (QED) is 0.824. The maximum atomic E-state index is 12.1. The Kier molecular flexibility index (Phi) is 4.84. The van der Waals surface area contributed by atoms with Crippen LogP contribution in [0.1, 0.15) is 45.4 Å². The molecule has 1 N–H and O–H groups in total. The number of likely N-dealkylation sites (tertiary alicyclic amines) is 1. The van der Waals surface area contributed by atoms with Gasteiger partial charge in [0.2, 0.25) is 15.9 Å². The van der Waals surface area contributed by atoms with Crippen molar-refractivity contribution in [1.82, 2.24) is 9.62 Å². The van der Waals surface area contributed by atoms with Crippen LogP contribution in [-0.2, 0) is 14.8 Å². The Balaban J connectivity index is 1.77. The first-order chi connectivity index (χ1) is 9.02. The molecule has 1 amide bonds. The van der Waals surface area contributed by atoms with Crippen LogP contribution < -0.4 is 4.72 Å². The molecule has 6 heteroatoms. The van der Waals surface area contributed by atoms with Gasteiger partial charge in [-0.2, -0.15) is 0 Å². The van der Waals surface area contributed by atoms with Crippen LogP contribution in [0.25, 0.3) is 0 Å². The zero-order chi connectivity index (χ0) is 13.9. The van der Waals surface area contributed by atoms with Crippen molar-refractivity contribution in [3.8, 4) is 0 Å². The van der Waals surface area contributed by atoms with Crippen LogP contribution in [0.5, 0.6) is 0 Å². The molecule has 2 fully saturated rings. The number of sulfonamides is 1. The normalized spacial score (nSPS) is 22.3. The SMILES string of the molecule is CCCS(=O)(=O)NC1CCN(C(=O)C2CCC2)CC1. The minimum absolute atomic E-state index is 0.00184. The van der Waals surface area contributed by atoms with Crippen LogP contribution >= 0.6 is 0 Å². The highest BCUT2D eigenvalue weighted by molar-refractivity contribution is 7.89. The van der Waals surface area contributed by atoms with Gasteiger partial charge in [0.1, 0.15) is 0 Å². The third kappa shape index (κ3) is 3.92. The summed E-state index contributed by atoms with van der Waals surface area (Å²) in [5, 5.41) is 0. The Bertz CT molecular complexity index is 410. The van der Waals surface area contributed by atoms with Crippen LogP contribution in [0.15, 0.2) is 0 Å². The number of hydrogen-bond donors (Lipinski definition) is 1. The van der Waals surface area contributed by atoms with Crippen LogP contribution in [0.2, 0.25) is 0 Å². The summed E-state index contributed by atoms with van der Waals surface area (Å²) < 4.78 is 26.1. The standard InChI is InChI=1S/C13H24N2O3S/c1-2-10-19(17,18)14-12-6-8-15(9-7-12)13(16)11-4-3-5-11/h11-12,14H,2-10H2,1H3. The molecule has 0 aromatic heterocycles. The van der Waals surface area contributed by atoms with E-state index < -0.39 is 10.0 Å². The minimum Gasteiger partial charge on any atom is -0.342 e. The molecule has 0 aromatic carbocycles. The summed E-state index contributed by atoms with van der Waals surface area (Å²) in [6.45, 7) is 3.24. The van der Waals surface area contributed by atoms with Gasteiger partial charge in [-0.25, -0.2) is 13.1 Å². The van der Waals surface area contributed by atoms with Gasteiger partial charge in [-0.1, -0.05) is 13.3 Å². The number of nitrogens with one attached hydrogen (secondary N) is 1. The van der Waals surface area contributed by atoms with E-state index in [1.807, 2.05) is 11.8 Å². The highest BCUT2D eigenvalue weighted by atomic mass is 32.2. The zero-order valence-corrected chi connectivity index (χ0v) is 12.4. The highest BCUT2D eigenvalue weighted by Crippen LogP contribution is 2.29. The van der Waals surface area contributed by atoms with E-state index in [1.54, 1.807) is 0 Å². The number of nitrogens with zero attached hydrogens (tertiary/aromatic N) is 1. The van der Waals surface area contributed by atoms with Crippen molar-refractivity contribution >= 4 is 15.9 Å². The van der Waals surface area contributed by atoms with Crippen molar-refractivity contribution in [1.29, 1.82) is 0 Å². The van der Waals surface area contributed by atoms with Crippen molar-refractivity contribution in [2.24, 2.45) is 5.92 Å². The van der Waals surface area contributed by atoms with Gasteiger partial charge >= 0.3 is 0 Å². The third-order valence-corrected chi connectivity index (χ3v) is 5.72. The van der Waals surface area contributed by atoms with Crippen LogP contribution in [0.3, 0.4) is 0 Å². The van der Waals surface area contributed by atoms with Gasteiger partial charge in [-0.3, -0.25) is 4.79 Å². The van der Waals surface area contributed by atoms with Gasteiger partial charge in [-0.05, 0) is 32.1 Å². The summed E-state index contributed by atoms with van der Waals surface area (Å²) in [6.07, 6.45) is 5.34. The van der Waals surface area contributed by atoms with E-state index in [2.05, 4.69) is 4.72 Å². The Morgan fingerprint density at radius 2 is 1.84 bits per heavy atom. The van der Waals surface area contributed by atoms with E-state index in [0.717, 1.165) is 25.7 Å². The van der Waals surface area contributed by atoms with E-state index in [9.17, 15) is 13.2 Å². The third-order valence-electron chi connectivity index (χ3n) is 4.08. The summed E-state index contributed by atoms with van der Waals surface area (Å²) in [7, 11) is -3.13. The van der Waals surface area contributed by atoms with Gasteiger partial charge in [0, 0.05) is 25.0 Å². The lowest BCUT2D eigenvalue weighted by molar-refractivity contribution is -0.139. The zero-order valence-electron chi connectivity index (χ0n) is 11.6. The first-order valence-corrected chi connectivity index (χ1v) is 8.96. The summed E-state index contributed by atoms with van der Waals surface area (Å²) in [5.74, 6) is 0.711. The number of carbonyl (C=O) groups excluding carboxylic acids is 1. The molecular weight excluding hydrogens is 264 g/mol. The smallest absolute Gasteiger partial charge is 0.225 e. The van der Waals surface area contributed by atoms with Gasteiger partial charge in [-0.15, -0.1) is 0 Å². The predicted molar refractivity (Wildman–Crippen MR) is 74.2 cm³/mol. The fourth-order valence-electron chi connectivity index (χ4n) is 2.71. The van der Waals surface area contributed by atoms with Crippen molar-refractivity contribution in [2.45, 2.75) is 51.5 Å². The predicted octanol–water partition coefficient (Wildman–Crippen LogP) is 1.11. The van der Waals surface area contributed by atoms with E-state index in [-0.39, 0.29) is 23.6 Å². The number of rotatable bonds is 5. The first-order valence-electron chi connectivity index (χ1n) is 7.30. The number of hydrogen-bond acceptors (Lipinski definition) is 3. The average molecular weight is 288 g/mol. The molecule has 2 aliphatic rings. The second-order valence-corrected chi connectivity index (χ2v) is 7.54. The van der Waals surface area contributed by atoms with Crippen LogP contribution in [-0.4, -0.2) is 44.1 Å². The topological polar surface area (TPSA) is 66.5 Å². The largest absolute Gasteiger partial charge is 0.342 e. The Labute approximate surface area is 115 Å². The molecule has 1 heterocycles. The fourth-order valence-corrected chi connectivity index (χ4v) is 4.11.